The van der Waals surface area contributed by atoms with E-state index in [9.17, 15) is 9.59 Å². The first-order chi connectivity index (χ1) is 16.5. The summed E-state index contributed by atoms with van der Waals surface area (Å²) in [5.74, 6) is 1.98. The van der Waals surface area contributed by atoms with E-state index in [-0.39, 0.29) is 24.3 Å². The van der Waals surface area contributed by atoms with Crippen LogP contribution in [-0.2, 0) is 4.79 Å². The highest BCUT2D eigenvalue weighted by Gasteiger charge is 2.28. The lowest BCUT2D eigenvalue weighted by Crippen LogP contribution is -2.43. The van der Waals surface area contributed by atoms with Crippen molar-refractivity contribution in [3.05, 3.63) is 59.5 Å². The van der Waals surface area contributed by atoms with E-state index in [1.165, 1.54) is 0 Å². The van der Waals surface area contributed by atoms with Crippen LogP contribution in [0.1, 0.15) is 40.6 Å². The van der Waals surface area contributed by atoms with Crippen molar-refractivity contribution in [3.8, 4) is 22.9 Å². The molecule has 178 valence electrons. The van der Waals surface area contributed by atoms with Crippen molar-refractivity contribution < 1.29 is 23.6 Å². The van der Waals surface area contributed by atoms with E-state index in [1.54, 1.807) is 43.4 Å². The summed E-state index contributed by atoms with van der Waals surface area (Å²) in [4.78, 5) is 31.2. The van der Waals surface area contributed by atoms with E-state index in [0.717, 1.165) is 11.1 Å². The van der Waals surface area contributed by atoms with E-state index in [4.69, 9.17) is 14.0 Å². The van der Waals surface area contributed by atoms with Crippen LogP contribution in [0.4, 0.5) is 0 Å². The van der Waals surface area contributed by atoms with Crippen LogP contribution in [-0.4, -0.2) is 60.7 Å². The van der Waals surface area contributed by atoms with Gasteiger partial charge in [0, 0.05) is 30.1 Å². The molecule has 0 radical (unpaired) electrons. The van der Waals surface area contributed by atoms with E-state index >= 15 is 0 Å². The van der Waals surface area contributed by atoms with Gasteiger partial charge in [-0.05, 0) is 50.1 Å². The fourth-order valence-electron chi connectivity index (χ4n) is 3.94. The number of carbonyl (C=O) groups excluding carboxylic acids is 2. The van der Waals surface area contributed by atoms with Crippen molar-refractivity contribution in [2.24, 2.45) is 0 Å². The predicted molar refractivity (Wildman–Crippen MR) is 125 cm³/mol. The topological polar surface area (TPSA) is 107 Å². The summed E-state index contributed by atoms with van der Waals surface area (Å²) < 4.78 is 16.1. The maximum Gasteiger partial charge on any atom is 0.251 e. The van der Waals surface area contributed by atoms with Crippen LogP contribution in [0.2, 0.25) is 0 Å². The van der Waals surface area contributed by atoms with Crippen molar-refractivity contribution in [3.63, 3.8) is 0 Å². The molecule has 1 aromatic heterocycles. The second-order valence-electron chi connectivity index (χ2n) is 8.23. The summed E-state index contributed by atoms with van der Waals surface area (Å²) in [6.07, 6.45) is 1.43. The first-order valence-corrected chi connectivity index (χ1v) is 11.2. The highest BCUT2D eigenvalue weighted by Crippen LogP contribution is 2.33. The van der Waals surface area contributed by atoms with Gasteiger partial charge in [0.25, 0.3) is 5.91 Å². The Balaban J connectivity index is 1.30. The third kappa shape index (κ3) is 5.19. The number of aryl methyl sites for hydroxylation is 1. The maximum atomic E-state index is 12.6. The van der Waals surface area contributed by atoms with Gasteiger partial charge in [-0.3, -0.25) is 9.59 Å². The molecule has 4 rings (SSSR count). The fourth-order valence-corrected chi connectivity index (χ4v) is 3.94. The maximum absolute atomic E-state index is 12.6. The van der Waals surface area contributed by atoms with Gasteiger partial charge in [0.05, 0.1) is 20.8 Å². The van der Waals surface area contributed by atoms with Gasteiger partial charge in [0.1, 0.15) is 0 Å². The molecule has 0 bridgehead atoms. The number of carbonyl (C=O) groups is 2. The number of methoxy groups -OCH3 is 2. The molecule has 3 aromatic rings. The molecule has 0 aliphatic carbocycles. The molecule has 1 aliphatic heterocycles. The zero-order valence-corrected chi connectivity index (χ0v) is 19.5. The standard InChI is InChI=1S/C25H28N4O5/c1-16-4-6-17(7-5-16)24(31)26-15-22(30)29-12-10-18(11-13-29)25-27-23(28-34-25)19-8-9-20(32-2)21(14-19)33-3/h4-9,14,18H,10-13,15H2,1-3H3,(H,26,31). The van der Waals surface area contributed by atoms with Gasteiger partial charge >= 0.3 is 0 Å². The molecule has 34 heavy (non-hydrogen) atoms. The molecule has 1 saturated heterocycles. The summed E-state index contributed by atoms with van der Waals surface area (Å²) >= 11 is 0. The number of aromatic nitrogens is 2. The molecule has 0 spiro atoms. The van der Waals surface area contributed by atoms with E-state index in [2.05, 4.69) is 15.5 Å². The zero-order valence-electron chi connectivity index (χ0n) is 19.5. The van der Waals surface area contributed by atoms with E-state index < -0.39 is 0 Å². The van der Waals surface area contributed by atoms with Crippen LogP contribution < -0.4 is 14.8 Å². The van der Waals surface area contributed by atoms with Crippen molar-refractivity contribution in [2.75, 3.05) is 33.9 Å². The number of hydrogen-bond donors (Lipinski definition) is 1. The first-order valence-electron chi connectivity index (χ1n) is 11.2. The normalized spacial score (nSPS) is 14.0. The number of hydrogen-bond acceptors (Lipinski definition) is 7. The van der Waals surface area contributed by atoms with Crippen LogP contribution >= 0.6 is 0 Å². The Morgan fingerprint density at radius 2 is 1.76 bits per heavy atom. The number of rotatable bonds is 7. The number of nitrogens with zero attached hydrogens (tertiary/aromatic N) is 3. The van der Waals surface area contributed by atoms with Crippen molar-refractivity contribution in [1.82, 2.24) is 20.4 Å². The lowest BCUT2D eigenvalue weighted by atomic mass is 9.96. The molecule has 2 aromatic carbocycles. The number of benzene rings is 2. The Morgan fingerprint density at radius 1 is 1.06 bits per heavy atom. The van der Waals surface area contributed by atoms with Crippen LogP contribution in [0.25, 0.3) is 11.4 Å². The quantitative estimate of drug-likeness (QED) is 0.572. The largest absolute Gasteiger partial charge is 0.493 e. The average molecular weight is 465 g/mol. The Morgan fingerprint density at radius 3 is 2.44 bits per heavy atom. The molecule has 2 amide bonds. The molecule has 0 unspecified atom stereocenters. The van der Waals surface area contributed by atoms with E-state index in [1.807, 2.05) is 25.1 Å². The summed E-state index contributed by atoms with van der Waals surface area (Å²) in [5, 5.41) is 6.83. The van der Waals surface area contributed by atoms with Crippen LogP contribution in [0.3, 0.4) is 0 Å². The lowest BCUT2D eigenvalue weighted by Gasteiger charge is -2.30. The van der Waals surface area contributed by atoms with Crippen LogP contribution in [0, 0.1) is 6.92 Å². The number of piperidine rings is 1. The van der Waals surface area contributed by atoms with E-state index in [0.29, 0.717) is 54.7 Å². The Bertz CT molecular complexity index is 1150. The van der Waals surface area contributed by atoms with Crippen LogP contribution in [0.5, 0.6) is 11.5 Å². The molecule has 1 N–H and O–H groups in total. The SMILES string of the molecule is COc1ccc(-c2noc(C3CCN(C(=O)CNC(=O)c4ccc(C)cc4)CC3)n2)cc1OC. The lowest BCUT2D eigenvalue weighted by molar-refractivity contribution is -0.131. The number of likely N-dealkylation sites (tertiary alicyclic amines) is 1. The Labute approximate surface area is 198 Å². The number of ether oxygens (including phenoxy) is 2. The molecule has 0 atom stereocenters. The van der Waals surface area contributed by atoms with Crippen molar-refractivity contribution in [1.29, 1.82) is 0 Å². The zero-order chi connectivity index (χ0) is 24.1. The first kappa shape index (κ1) is 23.3. The van der Waals surface area contributed by atoms with Gasteiger partial charge in [-0.15, -0.1) is 0 Å². The molecule has 1 aliphatic rings. The van der Waals surface area contributed by atoms with Gasteiger partial charge in [-0.2, -0.15) is 4.98 Å². The Kier molecular flexibility index (Phi) is 7.10. The molecule has 1 fully saturated rings. The molecule has 0 saturated carbocycles. The van der Waals surface area contributed by atoms with Crippen LogP contribution in [0.15, 0.2) is 47.0 Å². The van der Waals surface area contributed by atoms with Gasteiger partial charge in [0.2, 0.25) is 17.6 Å². The summed E-state index contributed by atoms with van der Waals surface area (Å²) in [6.45, 7) is 3.07. The molecular weight excluding hydrogens is 436 g/mol. The Hall–Kier alpha value is -3.88. The minimum atomic E-state index is -0.253. The summed E-state index contributed by atoms with van der Waals surface area (Å²) in [7, 11) is 3.16. The highest BCUT2D eigenvalue weighted by molar-refractivity contribution is 5.96. The number of amides is 2. The monoisotopic (exact) mass is 464 g/mol. The minimum Gasteiger partial charge on any atom is -0.493 e. The molecule has 9 nitrogen and oxygen atoms in total. The number of nitrogens with one attached hydrogen (secondary N) is 1. The molecule has 2 heterocycles. The highest BCUT2D eigenvalue weighted by atomic mass is 16.5. The van der Waals surface area contributed by atoms with Gasteiger partial charge in [-0.25, -0.2) is 0 Å². The minimum absolute atomic E-state index is 0.0264. The molecule has 9 heteroatoms. The van der Waals surface area contributed by atoms with Crippen molar-refractivity contribution >= 4 is 11.8 Å². The average Bonchev–Trinajstić information content (AvgIpc) is 3.37. The smallest absolute Gasteiger partial charge is 0.251 e. The second kappa shape index (κ2) is 10.4. The van der Waals surface area contributed by atoms with Crippen molar-refractivity contribution in [2.45, 2.75) is 25.7 Å². The fraction of sp³-hybridized carbons (Fsp3) is 0.360. The summed E-state index contributed by atoms with van der Waals surface area (Å²) in [5.41, 5.74) is 2.39. The predicted octanol–water partition coefficient (Wildman–Crippen LogP) is 3.20. The second-order valence-corrected chi connectivity index (χ2v) is 8.23. The third-order valence-electron chi connectivity index (χ3n) is 5.99. The van der Waals surface area contributed by atoms with Gasteiger partial charge in [0.15, 0.2) is 11.5 Å². The van der Waals surface area contributed by atoms with Gasteiger partial charge in [-0.1, -0.05) is 22.9 Å². The van der Waals surface area contributed by atoms with Gasteiger partial charge < -0.3 is 24.2 Å². The third-order valence-corrected chi connectivity index (χ3v) is 5.99. The summed E-state index contributed by atoms with van der Waals surface area (Å²) in [6, 6.07) is 12.7. The molecular formula is C25H28N4O5.